The van der Waals surface area contributed by atoms with Crippen LogP contribution >= 0.6 is 0 Å². The molecule has 2 rings (SSSR count). The van der Waals surface area contributed by atoms with Gasteiger partial charge in [-0.25, -0.2) is 4.98 Å². The van der Waals surface area contributed by atoms with Gasteiger partial charge in [-0.1, -0.05) is 6.92 Å². The maximum absolute atomic E-state index is 6.09. The van der Waals surface area contributed by atoms with E-state index in [1.54, 1.807) is 0 Å². The topological polar surface area (TPSA) is 47.1 Å². The summed E-state index contributed by atoms with van der Waals surface area (Å²) in [6, 6.07) is 0.692. The molecule has 1 unspecified atom stereocenters. The van der Waals surface area contributed by atoms with E-state index in [1.807, 2.05) is 12.5 Å². The summed E-state index contributed by atoms with van der Waals surface area (Å²) in [6.45, 7) is 7.90. The lowest BCUT2D eigenvalue weighted by molar-refractivity contribution is 0.233. The SMILES string of the molecule is CC[C@@H](N)c1cncn1CC(C)N1CCCC1. The Morgan fingerprint density at radius 1 is 1.41 bits per heavy atom. The molecule has 0 spiro atoms. The first-order valence-corrected chi connectivity index (χ1v) is 6.72. The molecule has 1 aromatic heterocycles. The van der Waals surface area contributed by atoms with E-state index in [0.717, 1.165) is 13.0 Å². The molecule has 1 aliphatic rings. The van der Waals surface area contributed by atoms with Crippen LogP contribution in [0.1, 0.15) is 44.8 Å². The highest BCUT2D eigenvalue weighted by Crippen LogP contribution is 2.17. The average molecular weight is 236 g/mol. The van der Waals surface area contributed by atoms with E-state index in [0.29, 0.717) is 6.04 Å². The van der Waals surface area contributed by atoms with E-state index in [9.17, 15) is 0 Å². The van der Waals surface area contributed by atoms with Gasteiger partial charge in [0.15, 0.2) is 0 Å². The lowest BCUT2D eigenvalue weighted by Gasteiger charge is -2.25. The van der Waals surface area contributed by atoms with Gasteiger partial charge in [-0.05, 0) is 39.3 Å². The second-order valence-electron chi connectivity index (χ2n) is 5.08. The van der Waals surface area contributed by atoms with Gasteiger partial charge in [0, 0.05) is 24.8 Å². The van der Waals surface area contributed by atoms with Gasteiger partial charge in [-0.3, -0.25) is 4.90 Å². The summed E-state index contributed by atoms with van der Waals surface area (Å²) in [7, 11) is 0. The zero-order valence-electron chi connectivity index (χ0n) is 11.0. The fraction of sp³-hybridized carbons (Fsp3) is 0.769. The molecule has 1 fully saturated rings. The van der Waals surface area contributed by atoms with Crippen molar-refractivity contribution in [1.82, 2.24) is 14.5 Å². The van der Waals surface area contributed by atoms with E-state index >= 15 is 0 Å². The fourth-order valence-electron chi connectivity index (χ4n) is 2.58. The monoisotopic (exact) mass is 236 g/mol. The molecule has 0 amide bonds. The second-order valence-corrected chi connectivity index (χ2v) is 5.08. The molecule has 1 aromatic rings. The normalized spacial score (nSPS) is 20.6. The average Bonchev–Trinajstić information content (AvgIpc) is 2.98. The maximum atomic E-state index is 6.09. The number of hydrogen-bond acceptors (Lipinski definition) is 3. The van der Waals surface area contributed by atoms with Gasteiger partial charge in [-0.2, -0.15) is 0 Å². The smallest absolute Gasteiger partial charge is 0.0949 e. The van der Waals surface area contributed by atoms with Crippen LogP contribution in [-0.4, -0.2) is 33.6 Å². The van der Waals surface area contributed by atoms with E-state index in [1.165, 1.54) is 31.6 Å². The molecule has 4 heteroatoms. The lowest BCUT2D eigenvalue weighted by atomic mass is 10.2. The third-order valence-electron chi connectivity index (χ3n) is 3.79. The molecule has 4 nitrogen and oxygen atoms in total. The van der Waals surface area contributed by atoms with Crippen LogP contribution in [0.3, 0.4) is 0 Å². The molecule has 0 saturated carbocycles. The molecule has 2 N–H and O–H groups in total. The third-order valence-corrected chi connectivity index (χ3v) is 3.79. The van der Waals surface area contributed by atoms with Gasteiger partial charge in [0.1, 0.15) is 0 Å². The number of likely N-dealkylation sites (tertiary alicyclic amines) is 1. The molecule has 0 aliphatic carbocycles. The fourth-order valence-corrected chi connectivity index (χ4v) is 2.58. The van der Waals surface area contributed by atoms with Gasteiger partial charge in [0.05, 0.1) is 12.0 Å². The molecule has 1 aliphatic heterocycles. The third kappa shape index (κ3) is 2.87. The Morgan fingerprint density at radius 2 is 2.12 bits per heavy atom. The first-order valence-electron chi connectivity index (χ1n) is 6.72. The summed E-state index contributed by atoms with van der Waals surface area (Å²) in [4.78, 5) is 6.79. The summed E-state index contributed by atoms with van der Waals surface area (Å²) in [5.74, 6) is 0. The van der Waals surface area contributed by atoms with Gasteiger partial charge in [0.2, 0.25) is 0 Å². The zero-order valence-corrected chi connectivity index (χ0v) is 11.0. The minimum absolute atomic E-state index is 0.114. The number of rotatable bonds is 5. The first-order chi connectivity index (χ1) is 8.22. The Morgan fingerprint density at radius 3 is 2.76 bits per heavy atom. The quantitative estimate of drug-likeness (QED) is 0.847. The molecule has 0 radical (unpaired) electrons. The zero-order chi connectivity index (χ0) is 12.3. The highest BCUT2D eigenvalue weighted by atomic mass is 15.2. The molecule has 0 aromatic carbocycles. The standard InChI is InChI=1S/C13H24N4/c1-3-12(14)13-8-15-10-17(13)9-11(2)16-6-4-5-7-16/h8,10-12H,3-7,9,14H2,1-2H3/t11?,12-/m1/s1. The Kier molecular flexibility index (Phi) is 4.18. The molecule has 2 atom stereocenters. The summed E-state index contributed by atoms with van der Waals surface area (Å²) in [5.41, 5.74) is 7.26. The summed E-state index contributed by atoms with van der Waals surface area (Å²) in [6.07, 6.45) is 7.47. The van der Waals surface area contributed by atoms with Crippen molar-refractivity contribution in [3.05, 3.63) is 18.2 Å². The Bertz CT molecular complexity index is 341. The largest absolute Gasteiger partial charge is 0.332 e. The minimum Gasteiger partial charge on any atom is -0.332 e. The van der Waals surface area contributed by atoms with E-state index < -0.39 is 0 Å². The number of aromatic nitrogens is 2. The highest BCUT2D eigenvalue weighted by molar-refractivity contribution is 5.04. The van der Waals surface area contributed by atoms with Gasteiger partial charge in [0.25, 0.3) is 0 Å². The van der Waals surface area contributed by atoms with Gasteiger partial charge >= 0.3 is 0 Å². The number of nitrogens with zero attached hydrogens (tertiary/aromatic N) is 3. The van der Waals surface area contributed by atoms with Crippen molar-refractivity contribution in [2.24, 2.45) is 5.73 Å². The number of hydrogen-bond donors (Lipinski definition) is 1. The van der Waals surface area contributed by atoms with Gasteiger partial charge < -0.3 is 10.3 Å². The van der Waals surface area contributed by atoms with Crippen LogP contribution < -0.4 is 5.73 Å². The highest BCUT2D eigenvalue weighted by Gasteiger charge is 2.19. The van der Waals surface area contributed by atoms with Crippen molar-refractivity contribution in [1.29, 1.82) is 0 Å². The van der Waals surface area contributed by atoms with E-state index in [-0.39, 0.29) is 6.04 Å². The summed E-state index contributed by atoms with van der Waals surface area (Å²) >= 11 is 0. The van der Waals surface area contributed by atoms with Crippen molar-refractivity contribution in [2.75, 3.05) is 13.1 Å². The molecular weight excluding hydrogens is 212 g/mol. The van der Waals surface area contributed by atoms with Crippen molar-refractivity contribution < 1.29 is 0 Å². The van der Waals surface area contributed by atoms with E-state index in [2.05, 4.69) is 28.3 Å². The van der Waals surface area contributed by atoms with Crippen molar-refractivity contribution in [3.8, 4) is 0 Å². The number of imidazole rings is 1. The van der Waals surface area contributed by atoms with Crippen molar-refractivity contribution in [2.45, 2.75) is 51.7 Å². The van der Waals surface area contributed by atoms with Crippen molar-refractivity contribution in [3.63, 3.8) is 0 Å². The van der Waals surface area contributed by atoms with Gasteiger partial charge in [-0.15, -0.1) is 0 Å². The minimum atomic E-state index is 0.114. The maximum Gasteiger partial charge on any atom is 0.0949 e. The van der Waals surface area contributed by atoms with Crippen LogP contribution in [0.2, 0.25) is 0 Å². The Balaban J connectivity index is 2.00. The molecule has 1 saturated heterocycles. The van der Waals surface area contributed by atoms with Crippen molar-refractivity contribution >= 4 is 0 Å². The second kappa shape index (κ2) is 5.65. The first kappa shape index (κ1) is 12.6. The van der Waals surface area contributed by atoms with Crippen LogP contribution in [0.25, 0.3) is 0 Å². The predicted octanol–water partition coefficient (Wildman–Crippen LogP) is 1.78. The van der Waals surface area contributed by atoms with Crippen LogP contribution in [0.4, 0.5) is 0 Å². The van der Waals surface area contributed by atoms with Crippen LogP contribution in [-0.2, 0) is 6.54 Å². The van der Waals surface area contributed by atoms with Crippen LogP contribution in [0.5, 0.6) is 0 Å². The predicted molar refractivity (Wildman–Crippen MR) is 69.7 cm³/mol. The van der Waals surface area contributed by atoms with Crippen LogP contribution in [0, 0.1) is 0 Å². The molecule has 17 heavy (non-hydrogen) atoms. The van der Waals surface area contributed by atoms with Crippen LogP contribution in [0.15, 0.2) is 12.5 Å². The molecular formula is C13H24N4. The Labute approximate surface area is 104 Å². The Hall–Kier alpha value is -0.870. The molecule has 0 bridgehead atoms. The molecule has 96 valence electrons. The molecule has 2 heterocycles. The summed E-state index contributed by atoms with van der Waals surface area (Å²) in [5, 5.41) is 0. The number of nitrogens with two attached hydrogens (primary N) is 1. The van der Waals surface area contributed by atoms with E-state index in [4.69, 9.17) is 5.73 Å². The lowest BCUT2D eigenvalue weighted by Crippen LogP contribution is -2.34. The summed E-state index contributed by atoms with van der Waals surface area (Å²) < 4.78 is 2.22.